The third kappa shape index (κ3) is 4.43. The maximum absolute atomic E-state index is 12.7. The van der Waals surface area contributed by atoms with Crippen LogP contribution in [0.3, 0.4) is 0 Å². The van der Waals surface area contributed by atoms with Crippen molar-refractivity contribution in [2.24, 2.45) is 7.05 Å². The van der Waals surface area contributed by atoms with Gasteiger partial charge in [0.15, 0.2) is 0 Å². The van der Waals surface area contributed by atoms with Crippen LogP contribution in [0.15, 0.2) is 54.9 Å². The largest absolute Gasteiger partial charge is 0.496 e. The van der Waals surface area contributed by atoms with Crippen molar-refractivity contribution >= 4 is 29.1 Å². The monoisotopic (exact) mass is 403 g/mol. The molecule has 1 heterocycles. The maximum atomic E-state index is 12.7. The Morgan fingerprint density at radius 1 is 1.22 bits per heavy atom. The minimum atomic E-state index is -0.448. The molecule has 0 aliphatic rings. The highest BCUT2D eigenvalue weighted by molar-refractivity contribution is 6.42. The first-order valence-electron chi connectivity index (χ1n) is 8.33. The second-order valence-electron chi connectivity index (χ2n) is 6.06. The summed E-state index contributed by atoms with van der Waals surface area (Å²) in [7, 11) is 3.49. The fourth-order valence-electron chi connectivity index (χ4n) is 2.89. The minimum Gasteiger partial charge on any atom is -0.496 e. The van der Waals surface area contributed by atoms with E-state index in [1.807, 2.05) is 42.1 Å². The summed E-state index contributed by atoms with van der Waals surface area (Å²) in [6.07, 6.45) is 3.71. The summed E-state index contributed by atoms with van der Waals surface area (Å²) in [6, 6.07) is 12.3. The number of aryl methyl sites for hydroxylation is 1. The molecule has 1 amide bonds. The number of carbonyl (C=O) groups excluding carboxylic acids is 1. The lowest BCUT2D eigenvalue weighted by molar-refractivity contribution is -0.121. The van der Waals surface area contributed by atoms with E-state index in [9.17, 15) is 4.79 Å². The highest BCUT2D eigenvalue weighted by Gasteiger charge is 2.23. The molecule has 1 aromatic heterocycles. The Hall–Kier alpha value is -2.50. The van der Waals surface area contributed by atoms with Crippen LogP contribution in [0, 0.1) is 0 Å². The van der Waals surface area contributed by atoms with E-state index >= 15 is 0 Å². The molecule has 5 nitrogen and oxygen atoms in total. The number of benzene rings is 2. The van der Waals surface area contributed by atoms with E-state index in [0.29, 0.717) is 21.6 Å². The molecule has 27 heavy (non-hydrogen) atoms. The molecule has 7 heteroatoms. The number of halogens is 2. The molecule has 2 aromatic carbocycles. The number of rotatable bonds is 6. The van der Waals surface area contributed by atoms with Crippen LogP contribution in [0.4, 0.5) is 0 Å². The Morgan fingerprint density at radius 2 is 2.00 bits per heavy atom. The highest BCUT2D eigenvalue weighted by Crippen LogP contribution is 2.29. The second kappa shape index (κ2) is 8.46. The van der Waals surface area contributed by atoms with Crippen LogP contribution in [0.5, 0.6) is 5.75 Å². The molecule has 0 fully saturated rings. The van der Waals surface area contributed by atoms with Gasteiger partial charge in [0.1, 0.15) is 17.6 Å². The van der Waals surface area contributed by atoms with E-state index in [2.05, 4.69) is 10.3 Å². The number of aromatic nitrogens is 2. The van der Waals surface area contributed by atoms with Gasteiger partial charge in [-0.25, -0.2) is 4.98 Å². The summed E-state index contributed by atoms with van der Waals surface area (Å²) < 4.78 is 7.34. The van der Waals surface area contributed by atoms with Crippen molar-refractivity contribution in [1.29, 1.82) is 0 Å². The van der Waals surface area contributed by atoms with Crippen molar-refractivity contribution in [2.45, 2.75) is 12.5 Å². The van der Waals surface area contributed by atoms with E-state index in [-0.39, 0.29) is 12.3 Å². The molecule has 3 rings (SSSR count). The molecular formula is C20H19Cl2N3O2. The number of para-hydroxylation sites is 1. The minimum absolute atomic E-state index is 0.160. The van der Waals surface area contributed by atoms with Gasteiger partial charge in [0.05, 0.1) is 23.6 Å². The highest BCUT2D eigenvalue weighted by atomic mass is 35.5. The standard InChI is InChI=1S/C20H19Cl2N3O2/c1-25-10-9-23-20(25)19(14-5-3-4-6-17(14)27-2)24-18(26)12-13-7-8-15(21)16(22)11-13/h3-11,19H,12H2,1-2H3,(H,24,26)/t19-/m1/s1. The summed E-state index contributed by atoms with van der Waals surface area (Å²) in [6.45, 7) is 0. The normalized spacial score (nSPS) is 11.9. The van der Waals surface area contributed by atoms with Crippen molar-refractivity contribution in [2.75, 3.05) is 7.11 Å². The quantitative estimate of drug-likeness (QED) is 0.671. The Balaban J connectivity index is 1.88. The lowest BCUT2D eigenvalue weighted by atomic mass is 10.0. The molecule has 0 bridgehead atoms. The van der Waals surface area contributed by atoms with Gasteiger partial charge in [-0.15, -0.1) is 0 Å². The van der Waals surface area contributed by atoms with Crippen molar-refractivity contribution in [1.82, 2.24) is 14.9 Å². The number of hydrogen-bond acceptors (Lipinski definition) is 3. The topological polar surface area (TPSA) is 56.1 Å². The molecule has 1 N–H and O–H groups in total. The van der Waals surface area contributed by atoms with E-state index in [1.54, 1.807) is 31.5 Å². The van der Waals surface area contributed by atoms with E-state index in [4.69, 9.17) is 27.9 Å². The van der Waals surface area contributed by atoms with E-state index < -0.39 is 6.04 Å². The summed E-state index contributed by atoms with van der Waals surface area (Å²) in [5.74, 6) is 1.23. The van der Waals surface area contributed by atoms with Gasteiger partial charge >= 0.3 is 0 Å². The summed E-state index contributed by atoms with van der Waals surface area (Å²) in [5, 5.41) is 3.94. The van der Waals surface area contributed by atoms with Crippen LogP contribution in [-0.2, 0) is 18.3 Å². The van der Waals surface area contributed by atoms with Crippen LogP contribution >= 0.6 is 23.2 Å². The van der Waals surface area contributed by atoms with Gasteiger partial charge in [0, 0.05) is 25.0 Å². The van der Waals surface area contributed by atoms with Crippen molar-refractivity contribution in [3.63, 3.8) is 0 Å². The zero-order valence-electron chi connectivity index (χ0n) is 14.9. The van der Waals surface area contributed by atoms with Gasteiger partial charge in [-0.2, -0.15) is 0 Å². The van der Waals surface area contributed by atoms with Crippen LogP contribution in [0.2, 0.25) is 10.0 Å². The van der Waals surface area contributed by atoms with E-state index in [1.165, 1.54) is 0 Å². The number of imidazole rings is 1. The van der Waals surface area contributed by atoms with E-state index in [0.717, 1.165) is 11.1 Å². The van der Waals surface area contributed by atoms with Gasteiger partial charge in [0.2, 0.25) is 5.91 Å². The molecule has 0 radical (unpaired) electrons. The fraction of sp³-hybridized carbons (Fsp3) is 0.200. The molecule has 0 saturated heterocycles. The van der Waals surface area contributed by atoms with Gasteiger partial charge in [-0.3, -0.25) is 4.79 Å². The number of nitrogens with one attached hydrogen (secondary N) is 1. The molecule has 140 valence electrons. The third-order valence-corrected chi connectivity index (χ3v) is 4.96. The molecule has 0 unspecified atom stereocenters. The Bertz CT molecular complexity index is 956. The summed E-state index contributed by atoms with van der Waals surface area (Å²) in [4.78, 5) is 17.1. The van der Waals surface area contributed by atoms with Crippen molar-refractivity contribution < 1.29 is 9.53 Å². The fourth-order valence-corrected chi connectivity index (χ4v) is 3.21. The van der Waals surface area contributed by atoms with Crippen LogP contribution in [0.25, 0.3) is 0 Å². The number of amides is 1. The lowest BCUT2D eigenvalue weighted by Crippen LogP contribution is -2.32. The van der Waals surface area contributed by atoms with Crippen molar-refractivity contribution in [3.05, 3.63) is 81.9 Å². The maximum Gasteiger partial charge on any atom is 0.225 e. The molecule has 0 spiro atoms. The number of hydrogen-bond donors (Lipinski definition) is 1. The predicted molar refractivity (Wildman–Crippen MR) is 106 cm³/mol. The van der Waals surface area contributed by atoms with Gasteiger partial charge < -0.3 is 14.6 Å². The molecule has 0 aliphatic carbocycles. The number of methoxy groups -OCH3 is 1. The van der Waals surface area contributed by atoms with Crippen molar-refractivity contribution in [3.8, 4) is 5.75 Å². The first kappa shape index (κ1) is 19.3. The predicted octanol–water partition coefficient (Wildman–Crippen LogP) is 4.18. The molecule has 1 atom stereocenters. The molecule has 3 aromatic rings. The molecule has 0 saturated carbocycles. The first-order valence-corrected chi connectivity index (χ1v) is 9.08. The Morgan fingerprint density at radius 3 is 2.67 bits per heavy atom. The van der Waals surface area contributed by atoms with Crippen LogP contribution in [0.1, 0.15) is 23.0 Å². The number of carbonyl (C=O) groups is 1. The first-order chi connectivity index (χ1) is 13.0. The zero-order valence-corrected chi connectivity index (χ0v) is 16.5. The SMILES string of the molecule is COc1ccccc1[C@@H](NC(=O)Cc1ccc(Cl)c(Cl)c1)c1nccn1C. The average molecular weight is 404 g/mol. The number of ether oxygens (including phenoxy) is 1. The third-order valence-electron chi connectivity index (χ3n) is 4.22. The smallest absolute Gasteiger partial charge is 0.225 e. The van der Waals surface area contributed by atoms with Gasteiger partial charge in [-0.1, -0.05) is 47.5 Å². The van der Waals surface area contributed by atoms with Gasteiger partial charge in [0.25, 0.3) is 0 Å². The van der Waals surface area contributed by atoms with Gasteiger partial charge in [-0.05, 0) is 23.8 Å². The Labute approximate surface area is 167 Å². The Kier molecular flexibility index (Phi) is 6.04. The second-order valence-corrected chi connectivity index (χ2v) is 6.88. The number of nitrogens with zero attached hydrogens (tertiary/aromatic N) is 2. The molecular weight excluding hydrogens is 385 g/mol. The molecule has 0 aliphatic heterocycles. The van der Waals surface area contributed by atoms with Crippen LogP contribution in [-0.4, -0.2) is 22.6 Å². The lowest BCUT2D eigenvalue weighted by Gasteiger charge is -2.21. The summed E-state index contributed by atoms with van der Waals surface area (Å²) in [5.41, 5.74) is 1.61. The summed E-state index contributed by atoms with van der Waals surface area (Å²) >= 11 is 12.0. The zero-order chi connectivity index (χ0) is 19.4. The average Bonchev–Trinajstić information content (AvgIpc) is 3.08. The van der Waals surface area contributed by atoms with Crippen LogP contribution < -0.4 is 10.1 Å².